The Morgan fingerprint density at radius 1 is 1.07 bits per heavy atom. The molecular formula is C21H18ClF3N4O. The number of hydrogen-bond donors (Lipinski definition) is 1. The zero-order valence-corrected chi connectivity index (χ0v) is 16.5. The van der Waals surface area contributed by atoms with E-state index in [9.17, 15) is 18.0 Å². The number of para-hydroxylation sites is 2. The van der Waals surface area contributed by atoms with Crippen LogP contribution in [-0.4, -0.2) is 29.0 Å². The molecule has 1 aromatic heterocycles. The van der Waals surface area contributed by atoms with Gasteiger partial charge in [-0.25, -0.2) is 9.97 Å². The van der Waals surface area contributed by atoms with Gasteiger partial charge < -0.3 is 10.2 Å². The first-order chi connectivity index (χ1) is 14.3. The third-order valence-corrected chi connectivity index (χ3v) is 5.28. The molecule has 0 radical (unpaired) electrons. The second-order valence-corrected chi connectivity index (χ2v) is 7.60. The van der Waals surface area contributed by atoms with Crippen molar-refractivity contribution in [2.75, 3.05) is 23.3 Å². The van der Waals surface area contributed by atoms with Crippen LogP contribution < -0.4 is 10.2 Å². The second kappa shape index (κ2) is 8.10. The zero-order chi connectivity index (χ0) is 21.3. The number of fused-ring (bicyclic) bond motifs is 1. The molecule has 1 saturated heterocycles. The Balaban J connectivity index is 1.60. The van der Waals surface area contributed by atoms with E-state index in [1.165, 1.54) is 11.0 Å². The van der Waals surface area contributed by atoms with Gasteiger partial charge in [0, 0.05) is 23.8 Å². The van der Waals surface area contributed by atoms with E-state index < -0.39 is 17.8 Å². The molecule has 1 fully saturated rings. The summed E-state index contributed by atoms with van der Waals surface area (Å²) < 4.78 is 41.1. The van der Waals surface area contributed by atoms with Gasteiger partial charge in [0.1, 0.15) is 0 Å². The highest BCUT2D eigenvalue weighted by Gasteiger charge is 2.40. The molecule has 0 saturated carbocycles. The fourth-order valence-corrected chi connectivity index (χ4v) is 3.69. The molecule has 2 aromatic carbocycles. The molecule has 1 atom stereocenters. The van der Waals surface area contributed by atoms with E-state index in [-0.39, 0.29) is 23.8 Å². The van der Waals surface area contributed by atoms with Gasteiger partial charge in [-0.05, 0) is 49.2 Å². The minimum absolute atomic E-state index is 0.134. The van der Waals surface area contributed by atoms with Gasteiger partial charge in [0.05, 0.1) is 17.0 Å². The summed E-state index contributed by atoms with van der Waals surface area (Å²) in [5.74, 6) is -0.946. The molecule has 4 rings (SSSR count). The number of hydrogen-bond acceptors (Lipinski definition) is 4. The fraction of sp³-hybridized carbons (Fsp3) is 0.286. The number of nitrogens with one attached hydrogen (secondary N) is 1. The Kier molecular flexibility index (Phi) is 5.51. The molecule has 1 aliphatic rings. The van der Waals surface area contributed by atoms with Crippen molar-refractivity contribution >= 4 is 40.0 Å². The van der Waals surface area contributed by atoms with E-state index >= 15 is 0 Å². The summed E-state index contributed by atoms with van der Waals surface area (Å²) in [6, 6.07) is 13.1. The molecule has 2 heterocycles. The van der Waals surface area contributed by atoms with E-state index in [1.807, 2.05) is 0 Å². The average Bonchev–Trinajstić information content (AvgIpc) is 2.74. The lowest BCUT2D eigenvalue weighted by Gasteiger charge is -2.34. The molecule has 156 valence electrons. The normalized spacial score (nSPS) is 17.2. The molecule has 1 N–H and O–H groups in total. The summed E-state index contributed by atoms with van der Waals surface area (Å²) in [5, 5.41) is 3.35. The van der Waals surface area contributed by atoms with Crippen molar-refractivity contribution in [1.29, 1.82) is 0 Å². The molecule has 1 amide bonds. The van der Waals surface area contributed by atoms with Crippen LogP contribution >= 0.6 is 11.6 Å². The molecule has 0 spiro atoms. The first-order valence-corrected chi connectivity index (χ1v) is 9.84. The highest BCUT2D eigenvalue weighted by atomic mass is 35.5. The SMILES string of the molecule is O=C(Nc1ccc(Cl)cc1)[C@H]1CCCN(c2nc3ccccc3nc2C(F)(F)F)C1. The molecule has 1 aliphatic heterocycles. The monoisotopic (exact) mass is 434 g/mol. The van der Waals surface area contributed by atoms with E-state index in [1.54, 1.807) is 42.5 Å². The van der Waals surface area contributed by atoms with Gasteiger partial charge in [0.2, 0.25) is 5.91 Å². The van der Waals surface area contributed by atoms with E-state index in [0.29, 0.717) is 35.6 Å². The van der Waals surface area contributed by atoms with Gasteiger partial charge in [0.25, 0.3) is 0 Å². The molecule has 30 heavy (non-hydrogen) atoms. The van der Waals surface area contributed by atoms with Crippen molar-refractivity contribution in [3.8, 4) is 0 Å². The Morgan fingerprint density at radius 3 is 2.40 bits per heavy atom. The lowest BCUT2D eigenvalue weighted by atomic mass is 9.96. The van der Waals surface area contributed by atoms with Crippen LogP contribution in [0.25, 0.3) is 11.0 Å². The summed E-state index contributed by atoms with van der Waals surface area (Å²) in [4.78, 5) is 22.3. The van der Waals surface area contributed by atoms with Crippen LogP contribution in [0.2, 0.25) is 5.02 Å². The Labute approximate surface area is 175 Å². The number of aromatic nitrogens is 2. The molecule has 0 bridgehead atoms. The van der Waals surface area contributed by atoms with Crippen LogP contribution in [0.4, 0.5) is 24.7 Å². The summed E-state index contributed by atoms with van der Waals surface area (Å²) in [5.41, 5.74) is 0.124. The molecule has 0 aliphatic carbocycles. The number of alkyl halides is 3. The lowest BCUT2D eigenvalue weighted by Crippen LogP contribution is -2.42. The van der Waals surface area contributed by atoms with Crippen molar-refractivity contribution in [2.45, 2.75) is 19.0 Å². The van der Waals surface area contributed by atoms with E-state index in [0.717, 1.165) is 0 Å². The largest absolute Gasteiger partial charge is 0.437 e. The van der Waals surface area contributed by atoms with Gasteiger partial charge in [0.15, 0.2) is 11.5 Å². The van der Waals surface area contributed by atoms with Gasteiger partial charge in [-0.2, -0.15) is 13.2 Å². The predicted octanol–water partition coefficient (Wildman–Crippen LogP) is 5.16. The van der Waals surface area contributed by atoms with Gasteiger partial charge >= 0.3 is 6.18 Å². The van der Waals surface area contributed by atoms with Crippen LogP contribution in [-0.2, 0) is 11.0 Å². The van der Waals surface area contributed by atoms with Crippen LogP contribution in [0.5, 0.6) is 0 Å². The Hall–Kier alpha value is -2.87. The van der Waals surface area contributed by atoms with Crippen molar-refractivity contribution in [2.24, 2.45) is 5.92 Å². The fourth-order valence-electron chi connectivity index (χ4n) is 3.56. The van der Waals surface area contributed by atoms with E-state index in [4.69, 9.17) is 11.6 Å². The second-order valence-electron chi connectivity index (χ2n) is 7.16. The number of rotatable bonds is 3. The zero-order valence-electron chi connectivity index (χ0n) is 15.8. The standard InChI is InChI=1S/C21H18ClF3N4O/c22-14-7-9-15(10-8-14)26-20(30)13-4-3-11-29(12-13)19-18(21(23,24)25)27-16-5-1-2-6-17(16)28-19/h1-2,5-10,13H,3-4,11-12H2,(H,26,30)/t13-/m0/s1. The third-order valence-electron chi connectivity index (χ3n) is 5.02. The first-order valence-electron chi connectivity index (χ1n) is 9.46. The highest BCUT2D eigenvalue weighted by molar-refractivity contribution is 6.30. The van der Waals surface area contributed by atoms with Crippen molar-refractivity contribution in [3.05, 3.63) is 59.2 Å². The van der Waals surface area contributed by atoms with Crippen LogP contribution in [0, 0.1) is 5.92 Å². The van der Waals surface area contributed by atoms with Gasteiger partial charge in [-0.3, -0.25) is 4.79 Å². The maximum absolute atomic E-state index is 13.7. The third kappa shape index (κ3) is 4.33. The van der Waals surface area contributed by atoms with Crippen LogP contribution in [0.1, 0.15) is 18.5 Å². The Morgan fingerprint density at radius 2 is 1.73 bits per heavy atom. The number of piperidine rings is 1. The number of amides is 1. The number of benzene rings is 2. The van der Waals surface area contributed by atoms with Crippen molar-refractivity contribution < 1.29 is 18.0 Å². The molecule has 3 aromatic rings. The maximum Gasteiger partial charge on any atom is 0.437 e. The number of nitrogens with zero attached hydrogens (tertiary/aromatic N) is 3. The summed E-state index contributed by atoms with van der Waals surface area (Å²) in [6.07, 6.45) is -3.49. The number of carbonyl (C=O) groups is 1. The molecule has 5 nitrogen and oxygen atoms in total. The quantitative estimate of drug-likeness (QED) is 0.618. The number of carbonyl (C=O) groups excluding carboxylic acids is 1. The number of anilines is 2. The van der Waals surface area contributed by atoms with Gasteiger partial charge in [-0.1, -0.05) is 23.7 Å². The topological polar surface area (TPSA) is 58.1 Å². The average molecular weight is 435 g/mol. The van der Waals surface area contributed by atoms with Crippen LogP contribution in [0.15, 0.2) is 48.5 Å². The summed E-state index contributed by atoms with van der Waals surface area (Å²) >= 11 is 5.85. The Bertz CT molecular complexity index is 1070. The molecular weight excluding hydrogens is 417 g/mol. The van der Waals surface area contributed by atoms with Gasteiger partial charge in [-0.15, -0.1) is 0 Å². The minimum atomic E-state index is -4.65. The van der Waals surface area contributed by atoms with Crippen molar-refractivity contribution in [1.82, 2.24) is 9.97 Å². The van der Waals surface area contributed by atoms with Crippen LogP contribution in [0.3, 0.4) is 0 Å². The number of halogens is 4. The summed E-state index contributed by atoms with van der Waals surface area (Å²) in [6.45, 7) is 0.510. The van der Waals surface area contributed by atoms with E-state index in [2.05, 4.69) is 15.3 Å². The predicted molar refractivity (Wildman–Crippen MR) is 110 cm³/mol. The highest BCUT2D eigenvalue weighted by Crippen LogP contribution is 2.36. The summed E-state index contributed by atoms with van der Waals surface area (Å²) in [7, 11) is 0. The maximum atomic E-state index is 13.7. The van der Waals surface area contributed by atoms with Crippen molar-refractivity contribution in [3.63, 3.8) is 0 Å². The first kappa shape index (κ1) is 20.4. The lowest BCUT2D eigenvalue weighted by molar-refractivity contribution is -0.140. The molecule has 0 unspecified atom stereocenters. The molecule has 9 heteroatoms. The smallest absolute Gasteiger partial charge is 0.354 e. The minimum Gasteiger partial charge on any atom is -0.354 e.